The van der Waals surface area contributed by atoms with Crippen LogP contribution in [0.2, 0.25) is 0 Å². The number of benzene rings is 1. The van der Waals surface area contributed by atoms with Gasteiger partial charge in [0.25, 0.3) is 0 Å². The van der Waals surface area contributed by atoms with Crippen LogP contribution in [0.4, 0.5) is 10.1 Å². The molecule has 3 N–H and O–H groups in total. The Morgan fingerprint density at radius 2 is 2.30 bits per heavy atom. The number of hydrogen-bond acceptors (Lipinski definition) is 3. The van der Waals surface area contributed by atoms with Crippen molar-refractivity contribution in [2.75, 3.05) is 5.32 Å². The summed E-state index contributed by atoms with van der Waals surface area (Å²) < 4.78 is 15.5. The predicted molar refractivity (Wildman–Crippen MR) is 74.9 cm³/mol. The van der Waals surface area contributed by atoms with Crippen LogP contribution in [0.3, 0.4) is 0 Å². The number of aromatic nitrogens is 2. The standard InChI is InChI=1S/C14H17FN4O/c1-3-19-8-11(7-17-19)9(2)18-13-6-10(14(16)20)4-5-12(13)15/h4-9,18H,3H2,1-2H3,(H2,16,20). The van der Waals surface area contributed by atoms with Gasteiger partial charge in [0.2, 0.25) is 5.91 Å². The Labute approximate surface area is 116 Å². The molecule has 0 saturated heterocycles. The number of amides is 1. The number of hydrogen-bond donors (Lipinski definition) is 2. The number of anilines is 1. The summed E-state index contributed by atoms with van der Waals surface area (Å²) in [6, 6.07) is 3.87. The molecule has 0 spiro atoms. The van der Waals surface area contributed by atoms with E-state index in [1.807, 2.05) is 20.0 Å². The fourth-order valence-corrected chi connectivity index (χ4v) is 1.88. The first kappa shape index (κ1) is 14.0. The van der Waals surface area contributed by atoms with Gasteiger partial charge in [0.05, 0.1) is 17.9 Å². The zero-order chi connectivity index (χ0) is 14.7. The number of aryl methyl sites for hydroxylation is 1. The molecule has 0 aliphatic rings. The third kappa shape index (κ3) is 2.96. The minimum Gasteiger partial charge on any atom is -0.376 e. The van der Waals surface area contributed by atoms with Crippen molar-refractivity contribution < 1.29 is 9.18 Å². The zero-order valence-corrected chi connectivity index (χ0v) is 11.4. The van der Waals surface area contributed by atoms with Gasteiger partial charge in [-0.05, 0) is 32.0 Å². The Balaban J connectivity index is 2.20. The fraction of sp³-hybridized carbons (Fsp3) is 0.286. The van der Waals surface area contributed by atoms with Crippen molar-refractivity contribution in [3.63, 3.8) is 0 Å². The molecule has 0 saturated carbocycles. The SMILES string of the molecule is CCn1cc(C(C)Nc2cc(C(N)=O)ccc2F)cn1. The van der Waals surface area contributed by atoms with E-state index in [0.717, 1.165) is 12.1 Å². The monoisotopic (exact) mass is 276 g/mol. The third-order valence-corrected chi connectivity index (χ3v) is 3.10. The van der Waals surface area contributed by atoms with Crippen LogP contribution in [0.5, 0.6) is 0 Å². The van der Waals surface area contributed by atoms with Crippen LogP contribution in [-0.4, -0.2) is 15.7 Å². The van der Waals surface area contributed by atoms with Crippen LogP contribution >= 0.6 is 0 Å². The van der Waals surface area contributed by atoms with Gasteiger partial charge in [-0.2, -0.15) is 5.10 Å². The highest BCUT2D eigenvalue weighted by Crippen LogP contribution is 2.22. The largest absolute Gasteiger partial charge is 0.376 e. The highest BCUT2D eigenvalue weighted by Gasteiger charge is 2.12. The van der Waals surface area contributed by atoms with E-state index in [4.69, 9.17) is 5.73 Å². The predicted octanol–water partition coefficient (Wildman–Crippen LogP) is 2.31. The van der Waals surface area contributed by atoms with Crippen LogP contribution in [0.1, 0.15) is 35.8 Å². The fourth-order valence-electron chi connectivity index (χ4n) is 1.88. The van der Waals surface area contributed by atoms with Crippen LogP contribution in [-0.2, 0) is 6.54 Å². The molecule has 0 aliphatic heterocycles. The Morgan fingerprint density at radius 1 is 1.55 bits per heavy atom. The van der Waals surface area contributed by atoms with Gasteiger partial charge in [-0.3, -0.25) is 9.48 Å². The van der Waals surface area contributed by atoms with Crippen LogP contribution in [0.25, 0.3) is 0 Å². The summed E-state index contributed by atoms with van der Waals surface area (Å²) in [4.78, 5) is 11.1. The van der Waals surface area contributed by atoms with Crippen molar-refractivity contribution >= 4 is 11.6 Å². The summed E-state index contributed by atoms with van der Waals surface area (Å²) in [7, 11) is 0. The highest BCUT2D eigenvalue weighted by molar-refractivity contribution is 5.93. The Morgan fingerprint density at radius 3 is 2.90 bits per heavy atom. The lowest BCUT2D eigenvalue weighted by Crippen LogP contribution is -2.13. The lowest BCUT2D eigenvalue weighted by Gasteiger charge is -2.15. The van der Waals surface area contributed by atoms with Crippen molar-refractivity contribution in [1.29, 1.82) is 0 Å². The summed E-state index contributed by atoms with van der Waals surface area (Å²) in [6.45, 7) is 4.66. The number of halogens is 1. The van der Waals surface area contributed by atoms with Gasteiger partial charge >= 0.3 is 0 Å². The highest BCUT2D eigenvalue weighted by atomic mass is 19.1. The van der Waals surface area contributed by atoms with E-state index in [-0.39, 0.29) is 17.3 Å². The molecular formula is C14H17FN4O. The van der Waals surface area contributed by atoms with Crippen molar-refractivity contribution in [1.82, 2.24) is 9.78 Å². The number of rotatable bonds is 5. The molecular weight excluding hydrogens is 259 g/mol. The van der Waals surface area contributed by atoms with Crippen LogP contribution in [0.15, 0.2) is 30.6 Å². The third-order valence-electron chi connectivity index (χ3n) is 3.10. The molecule has 106 valence electrons. The minimum atomic E-state index is -0.584. The Hall–Kier alpha value is -2.37. The van der Waals surface area contributed by atoms with Crippen LogP contribution < -0.4 is 11.1 Å². The molecule has 1 aromatic heterocycles. The number of nitrogens with one attached hydrogen (secondary N) is 1. The van der Waals surface area contributed by atoms with E-state index in [1.165, 1.54) is 18.2 Å². The molecule has 1 atom stereocenters. The Bertz CT molecular complexity index is 623. The second-order valence-electron chi connectivity index (χ2n) is 4.55. The maximum Gasteiger partial charge on any atom is 0.248 e. The average molecular weight is 276 g/mol. The van der Waals surface area contributed by atoms with Gasteiger partial charge in [-0.25, -0.2) is 4.39 Å². The molecule has 1 unspecified atom stereocenters. The van der Waals surface area contributed by atoms with Gasteiger partial charge in [-0.15, -0.1) is 0 Å². The molecule has 2 rings (SSSR count). The smallest absolute Gasteiger partial charge is 0.248 e. The van der Waals surface area contributed by atoms with E-state index in [2.05, 4.69) is 10.4 Å². The maximum atomic E-state index is 13.7. The average Bonchev–Trinajstić information content (AvgIpc) is 2.89. The first-order chi connectivity index (χ1) is 9.51. The summed E-state index contributed by atoms with van der Waals surface area (Å²) in [6.07, 6.45) is 3.63. The first-order valence-electron chi connectivity index (χ1n) is 6.39. The molecule has 0 aliphatic carbocycles. The molecule has 1 amide bonds. The van der Waals surface area contributed by atoms with E-state index in [9.17, 15) is 9.18 Å². The minimum absolute atomic E-state index is 0.132. The molecule has 6 heteroatoms. The van der Waals surface area contributed by atoms with Gasteiger partial charge in [0.1, 0.15) is 5.82 Å². The van der Waals surface area contributed by atoms with E-state index >= 15 is 0 Å². The van der Waals surface area contributed by atoms with E-state index < -0.39 is 11.7 Å². The molecule has 0 radical (unpaired) electrons. The summed E-state index contributed by atoms with van der Waals surface area (Å²) in [5, 5.41) is 7.20. The maximum absolute atomic E-state index is 13.7. The van der Waals surface area contributed by atoms with Gasteiger partial charge < -0.3 is 11.1 Å². The second-order valence-corrected chi connectivity index (χ2v) is 4.55. The van der Waals surface area contributed by atoms with Gasteiger partial charge in [-0.1, -0.05) is 0 Å². The molecule has 5 nitrogen and oxygen atoms in total. The van der Waals surface area contributed by atoms with Gasteiger partial charge in [0, 0.05) is 23.9 Å². The molecule has 1 aromatic carbocycles. The normalized spacial score (nSPS) is 12.2. The first-order valence-corrected chi connectivity index (χ1v) is 6.39. The van der Waals surface area contributed by atoms with Crippen molar-refractivity contribution in [2.45, 2.75) is 26.4 Å². The lowest BCUT2D eigenvalue weighted by atomic mass is 10.1. The lowest BCUT2D eigenvalue weighted by molar-refractivity contribution is 0.100. The molecule has 0 bridgehead atoms. The zero-order valence-electron chi connectivity index (χ0n) is 11.4. The van der Waals surface area contributed by atoms with Gasteiger partial charge in [0.15, 0.2) is 0 Å². The quantitative estimate of drug-likeness (QED) is 0.880. The van der Waals surface area contributed by atoms with Crippen LogP contribution in [0, 0.1) is 5.82 Å². The molecule has 2 aromatic rings. The Kier molecular flexibility index (Phi) is 4.02. The number of carbonyl (C=O) groups excluding carboxylic acids is 1. The number of nitrogens with two attached hydrogens (primary N) is 1. The second kappa shape index (κ2) is 5.73. The topological polar surface area (TPSA) is 72.9 Å². The summed E-state index contributed by atoms with van der Waals surface area (Å²) in [5.41, 5.74) is 6.65. The van der Waals surface area contributed by atoms with Crippen molar-refractivity contribution in [2.24, 2.45) is 5.73 Å². The number of nitrogens with zero attached hydrogens (tertiary/aromatic N) is 2. The summed E-state index contributed by atoms with van der Waals surface area (Å²) >= 11 is 0. The number of carbonyl (C=O) groups is 1. The van der Waals surface area contributed by atoms with Crippen molar-refractivity contribution in [3.05, 3.63) is 47.5 Å². The van der Waals surface area contributed by atoms with Crippen molar-refractivity contribution in [3.8, 4) is 0 Å². The molecule has 20 heavy (non-hydrogen) atoms. The number of primary amides is 1. The molecule has 1 heterocycles. The summed E-state index contributed by atoms with van der Waals surface area (Å²) in [5.74, 6) is -1.01. The molecule has 0 fully saturated rings. The van der Waals surface area contributed by atoms with E-state index in [0.29, 0.717) is 0 Å². The van der Waals surface area contributed by atoms with E-state index in [1.54, 1.807) is 10.9 Å².